The van der Waals surface area contributed by atoms with Gasteiger partial charge in [-0.15, -0.1) is 12.4 Å². The Labute approximate surface area is 130 Å². The van der Waals surface area contributed by atoms with Crippen LogP contribution in [0.3, 0.4) is 0 Å². The van der Waals surface area contributed by atoms with Gasteiger partial charge in [0.05, 0.1) is 11.6 Å². The number of halogens is 2. The van der Waals surface area contributed by atoms with Gasteiger partial charge in [0.15, 0.2) is 0 Å². The molecule has 5 heteroatoms. The molecule has 108 valence electrons. The van der Waals surface area contributed by atoms with E-state index in [2.05, 4.69) is 39.9 Å². The van der Waals surface area contributed by atoms with Gasteiger partial charge in [0.2, 0.25) is 0 Å². The first kappa shape index (κ1) is 16.8. The molecule has 1 heterocycles. The SMILES string of the molecule is COc1ccc(CN2CCC(C(C)N)C2)cc1Br.Cl. The number of methoxy groups -OCH3 is 1. The Morgan fingerprint density at radius 1 is 1.53 bits per heavy atom. The molecule has 1 fully saturated rings. The Balaban J connectivity index is 0.00000180. The summed E-state index contributed by atoms with van der Waals surface area (Å²) < 4.78 is 6.26. The number of nitrogens with two attached hydrogens (primary N) is 1. The van der Waals surface area contributed by atoms with Crippen LogP contribution in [-0.4, -0.2) is 31.1 Å². The highest BCUT2D eigenvalue weighted by molar-refractivity contribution is 9.10. The van der Waals surface area contributed by atoms with Crippen LogP contribution in [0.4, 0.5) is 0 Å². The fraction of sp³-hybridized carbons (Fsp3) is 0.571. The van der Waals surface area contributed by atoms with Crippen molar-refractivity contribution in [3.8, 4) is 5.75 Å². The molecule has 1 aromatic carbocycles. The lowest BCUT2D eigenvalue weighted by molar-refractivity contribution is 0.308. The van der Waals surface area contributed by atoms with Gasteiger partial charge in [0, 0.05) is 19.1 Å². The van der Waals surface area contributed by atoms with Crippen molar-refractivity contribution in [2.24, 2.45) is 11.7 Å². The number of likely N-dealkylation sites (tertiary alicyclic amines) is 1. The average molecular weight is 350 g/mol. The normalized spacial score (nSPS) is 20.9. The Bertz CT molecular complexity index is 414. The van der Waals surface area contributed by atoms with E-state index in [4.69, 9.17) is 10.5 Å². The molecule has 2 N–H and O–H groups in total. The smallest absolute Gasteiger partial charge is 0.133 e. The third kappa shape index (κ3) is 4.35. The van der Waals surface area contributed by atoms with E-state index in [1.54, 1.807) is 7.11 Å². The largest absolute Gasteiger partial charge is 0.496 e. The highest BCUT2D eigenvalue weighted by Crippen LogP contribution is 2.27. The second-order valence-electron chi connectivity index (χ2n) is 5.11. The lowest BCUT2D eigenvalue weighted by Gasteiger charge is -2.18. The average Bonchev–Trinajstić information content (AvgIpc) is 2.78. The van der Waals surface area contributed by atoms with E-state index in [0.29, 0.717) is 12.0 Å². The molecule has 2 unspecified atom stereocenters. The quantitative estimate of drug-likeness (QED) is 0.908. The molecule has 0 radical (unpaired) electrons. The number of ether oxygens (including phenoxy) is 1. The van der Waals surface area contributed by atoms with Crippen LogP contribution in [-0.2, 0) is 6.54 Å². The van der Waals surface area contributed by atoms with Gasteiger partial charge in [-0.3, -0.25) is 4.90 Å². The molecule has 3 nitrogen and oxygen atoms in total. The van der Waals surface area contributed by atoms with Crippen molar-refractivity contribution >= 4 is 28.3 Å². The Morgan fingerprint density at radius 3 is 2.79 bits per heavy atom. The van der Waals surface area contributed by atoms with Gasteiger partial charge < -0.3 is 10.5 Å². The second kappa shape index (κ2) is 7.48. The van der Waals surface area contributed by atoms with Gasteiger partial charge in [-0.2, -0.15) is 0 Å². The molecule has 2 atom stereocenters. The van der Waals surface area contributed by atoms with Gasteiger partial charge in [0.25, 0.3) is 0 Å². The monoisotopic (exact) mass is 348 g/mol. The maximum atomic E-state index is 5.96. The lowest BCUT2D eigenvalue weighted by Crippen LogP contribution is -2.29. The van der Waals surface area contributed by atoms with E-state index in [1.807, 2.05) is 6.07 Å². The minimum absolute atomic E-state index is 0. The molecule has 1 aliphatic rings. The molecule has 0 aliphatic carbocycles. The Kier molecular flexibility index (Phi) is 6.60. The molecule has 2 rings (SSSR count). The van der Waals surface area contributed by atoms with E-state index in [-0.39, 0.29) is 12.4 Å². The molecular weight excluding hydrogens is 328 g/mol. The van der Waals surface area contributed by atoms with Crippen molar-refractivity contribution in [1.82, 2.24) is 4.90 Å². The first-order valence-corrected chi connectivity index (χ1v) is 7.20. The summed E-state index contributed by atoms with van der Waals surface area (Å²) in [6, 6.07) is 6.58. The highest BCUT2D eigenvalue weighted by atomic mass is 79.9. The van der Waals surface area contributed by atoms with Crippen molar-refractivity contribution in [2.75, 3.05) is 20.2 Å². The first-order valence-electron chi connectivity index (χ1n) is 6.40. The van der Waals surface area contributed by atoms with Crippen molar-refractivity contribution in [1.29, 1.82) is 0 Å². The molecular formula is C14H22BrClN2O. The van der Waals surface area contributed by atoms with E-state index in [9.17, 15) is 0 Å². The van der Waals surface area contributed by atoms with Gasteiger partial charge in [0.1, 0.15) is 5.75 Å². The zero-order valence-corrected chi connectivity index (χ0v) is 13.8. The summed E-state index contributed by atoms with van der Waals surface area (Å²) in [6.07, 6.45) is 1.22. The summed E-state index contributed by atoms with van der Waals surface area (Å²) in [7, 11) is 1.69. The molecule has 0 bridgehead atoms. The van der Waals surface area contributed by atoms with Crippen molar-refractivity contribution in [2.45, 2.75) is 25.9 Å². The van der Waals surface area contributed by atoms with Crippen LogP contribution in [0.2, 0.25) is 0 Å². The molecule has 1 aromatic rings. The topological polar surface area (TPSA) is 38.5 Å². The van der Waals surface area contributed by atoms with Gasteiger partial charge >= 0.3 is 0 Å². The van der Waals surface area contributed by atoms with E-state index < -0.39 is 0 Å². The fourth-order valence-corrected chi connectivity index (χ4v) is 3.09. The molecule has 1 saturated heterocycles. The van der Waals surface area contributed by atoms with E-state index >= 15 is 0 Å². The minimum Gasteiger partial charge on any atom is -0.496 e. The third-order valence-electron chi connectivity index (χ3n) is 3.67. The Morgan fingerprint density at radius 2 is 2.26 bits per heavy atom. The minimum atomic E-state index is 0. The Hall–Kier alpha value is -0.290. The molecule has 0 amide bonds. The van der Waals surface area contributed by atoms with Crippen LogP contribution >= 0.6 is 28.3 Å². The van der Waals surface area contributed by atoms with Crippen LogP contribution in [0.15, 0.2) is 22.7 Å². The fourth-order valence-electron chi connectivity index (χ4n) is 2.50. The number of benzene rings is 1. The summed E-state index contributed by atoms with van der Waals surface area (Å²) in [5.41, 5.74) is 7.28. The van der Waals surface area contributed by atoms with E-state index in [1.165, 1.54) is 12.0 Å². The second-order valence-corrected chi connectivity index (χ2v) is 5.97. The maximum Gasteiger partial charge on any atom is 0.133 e. The van der Waals surface area contributed by atoms with Gasteiger partial charge in [-0.1, -0.05) is 6.07 Å². The maximum absolute atomic E-state index is 5.96. The summed E-state index contributed by atoms with van der Waals surface area (Å²) in [5.74, 6) is 1.53. The molecule has 0 aromatic heterocycles. The summed E-state index contributed by atoms with van der Waals surface area (Å²) in [5, 5.41) is 0. The van der Waals surface area contributed by atoms with Crippen molar-refractivity contribution in [3.05, 3.63) is 28.2 Å². The molecule has 0 saturated carbocycles. The number of rotatable bonds is 4. The summed E-state index contributed by atoms with van der Waals surface area (Å²) in [4.78, 5) is 2.47. The van der Waals surface area contributed by atoms with Crippen LogP contribution < -0.4 is 10.5 Å². The predicted molar refractivity (Wildman–Crippen MR) is 85.0 cm³/mol. The van der Waals surface area contributed by atoms with E-state index in [0.717, 1.165) is 29.9 Å². The predicted octanol–water partition coefficient (Wildman–Crippen LogP) is 3.05. The molecule has 19 heavy (non-hydrogen) atoms. The molecule has 0 spiro atoms. The highest BCUT2D eigenvalue weighted by Gasteiger charge is 2.25. The first-order chi connectivity index (χ1) is 8.60. The van der Waals surface area contributed by atoms with Crippen molar-refractivity contribution < 1.29 is 4.74 Å². The van der Waals surface area contributed by atoms with Crippen LogP contribution in [0.1, 0.15) is 18.9 Å². The van der Waals surface area contributed by atoms with Crippen LogP contribution in [0.5, 0.6) is 5.75 Å². The number of hydrogen-bond acceptors (Lipinski definition) is 3. The molecule has 1 aliphatic heterocycles. The van der Waals surface area contributed by atoms with Crippen LogP contribution in [0.25, 0.3) is 0 Å². The third-order valence-corrected chi connectivity index (χ3v) is 4.29. The number of nitrogens with zero attached hydrogens (tertiary/aromatic N) is 1. The zero-order chi connectivity index (χ0) is 13.1. The van der Waals surface area contributed by atoms with Crippen molar-refractivity contribution in [3.63, 3.8) is 0 Å². The summed E-state index contributed by atoms with van der Waals surface area (Å²) >= 11 is 3.53. The van der Waals surface area contributed by atoms with Gasteiger partial charge in [-0.25, -0.2) is 0 Å². The van der Waals surface area contributed by atoms with Gasteiger partial charge in [-0.05, 0) is 59.4 Å². The standard InChI is InChI=1S/C14H21BrN2O.ClH/c1-10(16)12-5-6-17(9-12)8-11-3-4-14(18-2)13(15)7-11;/h3-4,7,10,12H,5-6,8-9,16H2,1-2H3;1H. The summed E-state index contributed by atoms with van der Waals surface area (Å²) in [6.45, 7) is 5.36. The zero-order valence-electron chi connectivity index (χ0n) is 11.4. The van der Waals surface area contributed by atoms with Crippen LogP contribution in [0, 0.1) is 5.92 Å². The lowest BCUT2D eigenvalue weighted by atomic mass is 10.0. The number of hydrogen-bond donors (Lipinski definition) is 1.